The normalized spacial score (nSPS) is 12.3. The number of halogens is 3. The second-order valence-electron chi connectivity index (χ2n) is 6.21. The highest BCUT2D eigenvalue weighted by Gasteiger charge is 2.26. The molecule has 2 aromatic carbocycles. The topological polar surface area (TPSA) is 85.3 Å². The smallest absolute Gasteiger partial charge is 0.262 e. The first kappa shape index (κ1) is 19.2. The Morgan fingerprint density at radius 2 is 1.85 bits per heavy atom. The van der Waals surface area contributed by atoms with Gasteiger partial charge >= 0.3 is 0 Å². The van der Waals surface area contributed by atoms with E-state index in [0.717, 1.165) is 6.07 Å². The van der Waals surface area contributed by atoms with Crippen molar-refractivity contribution in [2.45, 2.75) is 19.8 Å². The molecule has 8 heteroatoms. The van der Waals surface area contributed by atoms with Crippen molar-refractivity contribution in [3.8, 4) is 5.75 Å². The number of hydrogen-bond acceptors (Lipinski definition) is 3. The zero-order chi connectivity index (χ0) is 20.0. The lowest BCUT2D eigenvalue weighted by atomic mass is 9.97. The number of aromatic nitrogens is 1. The molecule has 0 bridgehead atoms. The summed E-state index contributed by atoms with van der Waals surface area (Å²) in [6.07, 6.45) is 0. The minimum atomic E-state index is -0.888. The van der Waals surface area contributed by atoms with Crippen LogP contribution in [0.2, 0.25) is 10.0 Å². The zero-order valence-corrected chi connectivity index (χ0v) is 15.9. The van der Waals surface area contributed by atoms with E-state index in [1.165, 1.54) is 28.8 Å². The molecule has 1 amide bonds. The van der Waals surface area contributed by atoms with Crippen molar-refractivity contribution < 1.29 is 19.1 Å². The van der Waals surface area contributed by atoms with Gasteiger partial charge in [-0.05, 0) is 43.7 Å². The molecule has 1 heterocycles. The maximum Gasteiger partial charge on any atom is 0.262 e. The number of nitrogens with two attached hydrogens (primary N) is 1. The molecule has 5 nitrogen and oxygen atoms in total. The summed E-state index contributed by atoms with van der Waals surface area (Å²) in [5, 5.41) is 10.6. The van der Waals surface area contributed by atoms with Crippen molar-refractivity contribution >= 4 is 45.9 Å². The summed E-state index contributed by atoms with van der Waals surface area (Å²) in [5.41, 5.74) is 6.73. The van der Waals surface area contributed by atoms with E-state index in [1.54, 1.807) is 13.8 Å². The summed E-state index contributed by atoms with van der Waals surface area (Å²) < 4.78 is 15.3. The molecule has 0 saturated carbocycles. The minimum Gasteiger partial charge on any atom is -0.505 e. The van der Waals surface area contributed by atoms with Gasteiger partial charge in [0.1, 0.15) is 0 Å². The lowest BCUT2D eigenvalue weighted by Crippen LogP contribution is -2.20. The number of nitrogens with zero attached hydrogens (tertiary/aromatic N) is 1. The summed E-state index contributed by atoms with van der Waals surface area (Å²) in [6.45, 7) is 3.21. The second kappa shape index (κ2) is 6.87. The van der Waals surface area contributed by atoms with Crippen molar-refractivity contribution in [1.82, 2.24) is 4.57 Å². The molecule has 1 atom stereocenters. The molecule has 3 rings (SSSR count). The van der Waals surface area contributed by atoms with Crippen LogP contribution in [0.4, 0.5) is 4.39 Å². The van der Waals surface area contributed by atoms with Crippen LogP contribution in [0, 0.1) is 12.7 Å². The number of aromatic hydroxyl groups is 1. The standard InChI is InChI=1S/C19H15Cl2FN2O3/c1-8(18(23)26)17-9(2)24(15-7-14(22)16(25)6-11(15)17)19(27)10-3-4-12(20)13(21)5-10/h3-8,25H,1-2H3,(H2,23,26)/t8-/m1/s1. The van der Waals surface area contributed by atoms with Crippen LogP contribution in [0.25, 0.3) is 10.9 Å². The van der Waals surface area contributed by atoms with Crippen LogP contribution in [0.1, 0.15) is 34.5 Å². The maximum absolute atomic E-state index is 14.0. The molecule has 0 aliphatic heterocycles. The van der Waals surface area contributed by atoms with Crippen molar-refractivity contribution in [2.24, 2.45) is 5.73 Å². The molecule has 0 unspecified atom stereocenters. The van der Waals surface area contributed by atoms with Gasteiger partial charge < -0.3 is 10.8 Å². The van der Waals surface area contributed by atoms with Gasteiger partial charge in [-0.1, -0.05) is 23.2 Å². The van der Waals surface area contributed by atoms with Gasteiger partial charge in [0.25, 0.3) is 5.91 Å². The monoisotopic (exact) mass is 408 g/mol. The van der Waals surface area contributed by atoms with Gasteiger partial charge in [0.2, 0.25) is 5.91 Å². The van der Waals surface area contributed by atoms with Crippen LogP contribution < -0.4 is 5.73 Å². The van der Waals surface area contributed by atoms with E-state index in [2.05, 4.69) is 0 Å². The summed E-state index contributed by atoms with van der Waals surface area (Å²) in [4.78, 5) is 24.8. The number of phenols is 1. The Bertz CT molecular complexity index is 1110. The Kier molecular flexibility index (Phi) is 4.88. The van der Waals surface area contributed by atoms with Crippen molar-refractivity contribution in [3.63, 3.8) is 0 Å². The van der Waals surface area contributed by atoms with E-state index in [-0.39, 0.29) is 16.1 Å². The van der Waals surface area contributed by atoms with E-state index in [1.807, 2.05) is 0 Å². The average Bonchev–Trinajstić information content (AvgIpc) is 2.87. The maximum atomic E-state index is 14.0. The first-order valence-corrected chi connectivity index (χ1v) is 8.71. The van der Waals surface area contributed by atoms with Crippen molar-refractivity contribution in [2.75, 3.05) is 0 Å². The Morgan fingerprint density at radius 3 is 2.44 bits per heavy atom. The number of benzene rings is 2. The van der Waals surface area contributed by atoms with Gasteiger partial charge in [0.15, 0.2) is 11.6 Å². The summed E-state index contributed by atoms with van der Waals surface area (Å²) in [6, 6.07) is 6.62. The van der Waals surface area contributed by atoms with E-state index >= 15 is 0 Å². The predicted molar refractivity (Wildman–Crippen MR) is 102 cm³/mol. The fraction of sp³-hybridized carbons (Fsp3) is 0.158. The van der Waals surface area contributed by atoms with Crippen LogP contribution in [0.5, 0.6) is 5.75 Å². The molecule has 27 heavy (non-hydrogen) atoms. The summed E-state index contributed by atoms with van der Waals surface area (Å²) in [5.74, 6) is -3.31. The van der Waals surface area contributed by atoms with Gasteiger partial charge in [0, 0.05) is 22.7 Å². The van der Waals surface area contributed by atoms with Crippen LogP contribution in [-0.4, -0.2) is 21.5 Å². The van der Waals surface area contributed by atoms with Crippen molar-refractivity contribution in [1.29, 1.82) is 0 Å². The van der Waals surface area contributed by atoms with E-state index in [4.69, 9.17) is 28.9 Å². The fourth-order valence-corrected chi connectivity index (χ4v) is 3.45. The van der Waals surface area contributed by atoms with E-state index in [0.29, 0.717) is 21.7 Å². The Hall–Kier alpha value is -2.57. The lowest BCUT2D eigenvalue weighted by Gasteiger charge is -2.10. The molecule has 1 aromatic heterocycles. The first-order chi connectivity index (χ1) is 12.6. The van der Waals surface area contributed by atoms with Gasteiger partial charge in [0.05, 0.1) is 21.5 Å². The second-order valence-corrected chi connectivity index (χ2v) is 7.03. The molecule has 0 spiro atoms. The average molecular weight is 409 g/mol. The molecular formula is C19H15Cl2FN2O3. The predicted octanol–water partition coefficient (Wildman–Crippen LogP) is 4.38. The van der Waals surface area contributed by atoms with Gasteiger partial charge in [-0.3, -0.25) is 14.2 Å². The largest absolute Gasteiger partial charge is 0.505 e. The number of primary amides is 1. The van der Waals surface area contributed by atoms with Gasteiger partial charge in [-0.15, -0.1) is 0 Å². The van der Waals surface area contributed by atoms with Crippen LogP contribution >= 0.6 is 23.2 Å². The molecule has 0 aliphatic rings. The Morgan fingerprint density at radius 1 is 1.19 bits per heavy atom. The van der Waals surface area contributed by atoms with Crippen LogP contribution in [0.3, 0.4) is 0 Å². The number of amides is 1. The molecular weight excluding hydrogens is 394 g/mol. The highest BCUT2D eigenvalue weighted by atomic mass is 35.5. The number of phenolic OH excluding ortho intramolecular Hbond substituents is 1. The quantitative estimate of drug-likeness (QED) is 0.674. The van der Waals surface area contributed by atoms with Crippen LogP contribution in [-0.2, 0) is 4.79 Å². The number of hydrogen-bond donors (Lipinski definition) is 2. The number of carbonyl (C=O) groups excluding carboxylic acids is 2. The van der Waals surface area contributed by atoms with Crippen LogP contribution in [0.15, 0.2) is 30.3 Å². The molecule has 0 saturated heterocycles. The summed E-state index contributed by atoms with van der Waals surface area (Å²) >= 11 is 11.9. The van der Waals surface area contributed by atoms with E-state index < -0.39 is 29.3 Å². The Balaban J connectivity index is 2.33. The molecule has 0 fully saturated rings. The number of carbonyl (C=O) groups is 2. The first-order valence-electron chi connectivity index (χ1n) is 7.96. The van der Waals surface area contributed by atoms with Gasteiger partial charge in [-0.25, -0.2) is 4.39 Å². The SMILES string of the molecule is Cc1c([C@@H](C)C(N)=O)c2cc(O)c(F)cc2n1C(=O)c1ccc(Cl)c(Cl)c1. The minimum absolute atomic E-state index is 0.200. The fourth-order valence-electron chi connectivity index (χ4n) is 3.16. The third-order valence-electron chi connectivity index (χ3n) is 4.55. The zero-order valence-electron chi connectivity index (χ0n) is 14.4. The third-order valence-corrected chi connectivity index (χ3v) is 5.29. The number of rotatable bonds is 3. The molecule has 3 N–H and O–H groups in total. The highest BCUT2D eigenvalue weighted by Crippen LogP contribution is 2.36. The molecule has 140 valence electrons. The molecule has 0 radical (unpaired) electrons. The van der Waals surface area contributed by atoms with Gasteiger partial charge in [-0.2, -0.15) is 0 Å². The highest BCUT2D eigenvalue weighted by molar-refractivity contribution is 6.42. The number of fused-ring (bicyclic) bond motifs is 1. The lowest BCUT2D eigenvalue weighted by molar-refractivity contribution is -0.119. The van der Waals surface area contributed by atoms with Crippen molar-refractivity contribution in [3.05, 3.63) is 63.0 Å². The molecule has 3 aromatic rings. The third kappa shape index (κ3) is 3.15. The Labute approximate surface area is 164 Å². The van der Waals surface area contributed by atoms with E-state index in [9.17, 15) is 19.1 Å². The molecule has 0 aliphatic carbocycles. The summed E-state index contributed by atoms with van der Waals surface area (Å²) in [7, 11) is 0.